The molecular formula is C22H30O2S. The Bertz CT molecular complexity index is 643. The molecule has 0 heterocycles. The van der Waals surface area contributed by atoms with Gasteiger partial charge in [0.1, 0.15) is 0 Å². The standard InChI is InChI=1S/C18H18O2S.2C2H6/c1-13(12-17(19)20)18(14-6-4-3-5-7-14)15-8-10-16(21-2)11-9-15;2*1-2/h3-11H,12H2,1-2H3,(H,19,20);2*1-2H3/b18-13-;;. The van der Waals surface area contributed by atoms with Crippen molar-refractivity contribution in [2.75, 3.05) is 6.26 Å². The lowest BCUT2D eigenvalue weighted by Crippen LogP contribution is -1.99. The van der Waals surface area contributed by atoms with Crippen molar-refractivity contribution in [3.8, 4) is 0 Å². The predicted molar refractivity (Wildman–Crippen MR) is 111 cm³/mol. The van der Waals surface area contributed by atoms with Gasteiger partial charge in [-0.15, -0.1) is 11.8 Å². The van der Waals surface area contributed by atoms with E-state index in [4.69, 9.17) is 5.11 Å². The molecule has 0 aliphatic rings. The molecule has 0 amide bonds. The first-order chi connectivity index (χ1) is 12.1. The monoisotopic (exact) mass is 358 g/mol. The van der Waals surface area contributed by atoms with Gasteiger partial charge in [-0.3, -0.25) is 4.79 Å². The summed E-state index contributed by atoms with van der Waals surface area (Å²) >= 11 is 1.69. The number of thioether (sulfide) groups is 1. The van der Waals surface area contributed by atoms with Gasteiger partial charge in [-0.1, -0.05) is 75.7 Å². The molecule has 0 aliphatic carbocycles. The Morgan fingerprint density at radius 3 is 1.80 bits per heavy atom. The van der Waals surface area contributed by atoms with Crippen molar-refractivity contribution in [3.05, 3.63) is 71.3 Å². The zero-order valence-corrected chi connectivity index (χ0v) is 17.0. The highest BCUT2D eigenvalue weighted by atomic mass is 32.2. The Morgan fingerprint density at radius 2 is 1.36 bits per heavy atom. The molecule has 25 heavy (non-hydrogen) atoms. The molecule has 2 rings (SSSR count). The maximum absolute atomic E-state index is 11.0. The van der Waals surface area contributed by atoms with Crippen LogP contribution in [0.1, 0.15) is 52.2 Å². The summed E-state index contributed by atoms with van der Waals surface area (Å²) < 4.78 is 0. The quantitative estimate of drug-likeness (QED) is 0.600. The summed E-state index contributed by atoms with van der Waals surface area (Å²) in [6.45, 7) is 9.89. The first-order valence-corrected chi connectivity index (χ1v) is 9.95. The van der Waals surface area contributed by atoms with Crippen LogP contribution in [0.15, 0.2) is 65.1 Å². The van der Waals surface area contributed by atoms with Crippen LogP contribution in [-0.2, 0) is 4.79 Å². The van der Waals surface area contributed by atoms with Gasteiger partial charge in [0.25, 0.3) is 0 Å². The van der Waals surface area contributed by atoms with Gasteiger partial charge in [-0.2, -0.15) is 0 Å². The van der Waals surface area contributed by atoms with Gasteiger partial charge < -0.3 is 5.11 Å². The highest BCUT2D eigenvalue weighted by molar-refractivity contribution is 7.98. The molecule has 2 nitrogen and oxygen atoms in total. The first kappa shape index (κ1) is 23.0. The molecule has 0 saturated carbocycles. The molecule has 1 N–H and O–H groups in total. The van der Waals surface area contributed by atoms with E-state index in [1.165, 1.54) is 4.90 Å². The molecule has 0 saturated heterocycles. The summed E-state index contributed by atoms with van der Waals surface area (Å²) in [5.41, 5.74) is 3.97. The van der Waals surface area contributed by atoms with E-state index >= 15 is 0 Å². The number of hydrogen-bond acceptors (Lipinski definition) is 2. The summed E-state index contributed by atoms with van der Waals surface area (Å²) in [5.74, 6) is -0.804. The summed E-state index contributed by atoms with van der Waals surface area (Å²) in [6, 6.07) is 18.2. The lowest BCUT2D eigenvalue weighted by molar-refractivity contribution is -0.136. The van der Waals surface area contributed by atoms with Crippen LogP contribution in [-0.4, -0.2) is 17.3 Å². The molecule has 0 aromatic heterocycles. The van der Waals surface area contributed by atoms with Gasteiger partial charge in [-0.05, 0) is 42.0 Å². The Hall–Kier alpha value is -2.00. The van der Waals surface area contributed by atoms with Crippen LogP contribution in [0.4, 0.5) is 0 Å². The third-order valence-electron chi connectivity index (χ3n) is 3.28. The number of aliphatic carboxylic acids is 1. The van der Waals surface area contributed by atoms with E-state index in [9.17, 15) is 4.79 Å². The Balaban J connectivity index is 0.00000134. The maximum Gasteiger partial charge on any atom is 0.307 e. The Labute approximate surface area is 157 Å². The number of carboxylic acids is 1. The minimum absolute atomic E-state index is 0.0501. The number of carboxylic acid groups (broad SMARTS) is 1. The summed E-state index contributed by atoms with van der Waals surface area (Å²) in [4.78, 5) is 12.2. The normalized spacial score (nSPS) is 10.5. The van der Waals surface area contributed by atoms with Gasteiger partial charge in [-0.25, -0.2) is 0 Å². The zero-order chi connectivity index (χ0) is 19.2. The average molecular weight is 359 g/mol. The molecule has 136 valence electrons. The van der Waals surface area contributed by atoms with Crippen LogP contribution >= 0.6 is 11.8 Å². The second-order valence-corrected chi connectivity index (χ2v) is 5.70. The third-order valence-corrected chi connectivity index (χ3v) is 4.03. The van der Waals surface area contributed by atoms with Gasteiger partial charge in [0.15, 0.2) is 0 Å². The smallest absolute Gasteiger partial charge is 0.307 e. The van der Waals surface area contributed by atoms with Gasteiger partial charge >= 0.3 is 5.97 Å². The number of rotatable bonds is 5. The van der Waals surface area contributed by atoms with Crippen LogP contribution in [0.5, 0.6) is 0 Å². The fourth-order valence-corrected chi connectivity index (χ4v) is 2.75. The highest BCUT2D eigenvalue weighted by Crippen LogP contribution is 2.29. The van der Waals surface area contributed by atoms with E-state index in [-0.39, 0.29) is 6.42 Å². The molecule has 2 aromatic rings. The van der Waals surface area contributed by atoms with Crippen LogP contribution in [0.3, 0.4) is 0 Å². The van der Waals surface area contributed by atoms with Gasteiger partial charge in [0.2, 0.25) is 0 Å². The minimum Gasteiger partial charge on any atom is -0.481 e. The van der Waals surface area contributed by atoms with Crippen molar-refractivity contribution < 1.29 is 9.90 Å². The molecule has 0 atom stereocenters. The Kier molecular flexibility index (Phi) is 12.2. The molecule has 3 heteroatoms. The van der Waals surface area contributed by atoms with Crippen LogP contribution < -0.4 is 0 Å². The van der Waals surface area contributed by atoms with Crippen molar-refractivity contribution in [3.63, 3.8) is 0 Å². The molecule has 0 aliphatic heterocycles. The van der Waals surface area contributed by atoms with Crippen LogP contribution in [0.2, 0.25) is 0 Å². The molecule has 0 unspecified atom stereocenters. The van der Waals surface area contributed by atoms with Crippen molar-refractivity contribution >= 4 is 23.3 Å². The fraction of sp³-hybridized carbons (Fsp3) is 0.318. The minimum atomic E-state index is -0.804. The molecule has 2 aromatic carbocycles. The molecule has 0 bridgehead atoms. The number of benzene rings is 2. The van der Waals surface area contributed by atoms with Crippen LogP contribution in [0, 0.1) is 0 Å². The van der Waals surface area contributed by atoms with Crippen molar-refractivity contribution in [1.82, 2.24) is 0 Å². The van der Waals surface area contributed by atoms with E-state index in [1.807, 2.05) is 71.2 Å². The topological polar surface area (TPSA) is 37.3 Å². The highest BCUT2D eigenvalue weighted by Gasteiger charge is 2.11. The molecule has 0 fully saturated rings. The van der Waals surface area contributed by atoms with E-state index in [1.54, 1.807) is 11.8 Å². The van der Waals surface area contributed by atoms with E-state index in [0.29, 0.717) is 0 Å². The van der Waals surface area contributed by atoms with E-state index in [0.717, 1.165) is 22.3 Å². The zero-order valence-electron chi connectivity index (χ0n) is 16.2. The Morgan fingerprint density at radius 1 is 0.880 bits per heavy atom. The van der Waals surface area contributed by atoms with Crippen molar-refractivity contribution in [2.24, 2.45) is 0 Å². The van der Waals surface area contributed by atoms with Crippen molar-refractivity contribution in [1.29, 1.82) is 0 Å². The largest absolute Gasteiger partial charge is 0.481 e. The SMILES string of the molecule is CC.CC.CSc1ccc(/C(=C(/C)CC(=O)O)c2ccccc2)cc1. The van der Waals surface area contributed by atoms with E-state index in [2.05, 4.69) is 24.3 Å². The maximum atomic E-state index is 11.0. The van der Waals surface area contributed by atoms with Gasteiger partial charge in [0, 0.05) is 4.90 Å². The second kappa shape index (κ2) is 13.3. The lowest BCUT2D eigenvalue weighted by Gasteiger charge is -2.13. The molecular weight excluding hydrogens is 328 g/mol. The summed E-state index contributed by atoms with van der Waals surface area (Å²) in [7, 11) is 0. The molecule has 0 radical (unpaired) electrons. The van der Waals surface area contributed by atoms with Gasteiger partial charge in [0.05, 0.1) is 6.42 Å². The van der Waals surface area contributed by atoms with E-state index < -0.39 is 5.97 Å². The summed E-state index contributed by atoms with van der Waals surface area (Å²) in [5, 5.41) is 9.07. The van der Waals surface area contributed by atoms with Crippen molar-refractivity contribution in [2.45, 2.75) is 45.9 Å². The third kappa shape index (κ3) is 7.61. The summed E-state index contributed by atoms with van der Waals surface area (Å²) in [6.07, 6.45) is 2.09. The average Bonchev–Trinajstić information content (AvgIpc) is 2.66. The lowest BCUT2D eigenvalue weighted by atomic mass is 9.92. The predicted octanol–water partition coefficient (Wildman–Crippen LogP) is 6.76. The second-order valence-electron chi connectivity index (χ2n) is 4.82. The number of carbonyl (C=O) groups is 1. The van der Waals surface area contributed by atoms with Crippen LogP contribution in [0.25, 0.3) is 5.57 Å². The first-order valence-electron chi connectivity index (χ1n) is 8.73. The number of hydrogen-bond donors (Lipinski definition) is 1. The fourth-order valence-electron chi connectivity index (χ4n) is 2.34. The molecule has 0 spiro atoms.